The van der Waals surface area contributed by atoms with Crippen LogP contribution in [0, 0.1) is 0 Å². The molecule has 154 valence electrons. The third-order valence-electron chi connectivity index (χ3n) is 4.63. The Hall–Kier alpha value is -2.64. The van der Waals surface area contributed by atoms with Crippen molar-refractivity contribution in [1.29, 1.82) is 0 Å². The molecule has 3 nitrogen and oxygen atoms in total. The van der Waals surface area contributed by atoms with Gasteiger partial charge in [-0.05, 0) is 48.0 Å². The number of alkyl halides is 3. The van der Waals surface area contributed by atoms with Crippen LogP contribution in [0.2, 0.25) is 5.02 Å². The van der Waals surface area contributed by atoms with Crippen LogP contribution < -0.4 is 4.90 Å². The van der Waals surface area contributed by atoms with E-state index >= 15 is 0 Å². The van der Waals surface area contributed by atoms with E-state index in [1.165, 1.54) is 6.07 Å². The minimum absolute atomic E-state index is 0. The Balaban J connectivity index is 0.00000256. The van der Waals surface area contributed by atoms with E-state index in [4.69, 9.17) is 11.6 Å². The average Bonchev–Trinajstić information content (AvgIpc) is 3.06. The summed E-state index contributed by atoms with van der Waals surface area (Å²) in [6.45, 7) is 0.324. The van der Waals surface area contributed by atoms with E-state index in [0.717, 1.165) is 17.7 Å². The summed E-state index contributed by atoms with van der Waals surface area (Å²) >= 11 is 5.86. The number of benzene rings is 3. The van der Waals surface area contributed by atoms with Gasteiger partial charge in [-0.3, -0.25) is 4.79 Å². The van der Waals surface area contributed by atoms with Crippen LogP contribution in [0.1, 0.15) is 27.0 Å². The summed E-state index contributed by atoms with van der Waals surface area (Å²) in [6.07, 6.45) is -4.46. The maximum atomic E-state index is 13.2. The molecule has 0 saturated heterocycles. The number of rotatable bonds is 2. The highest BCUT2D eigenvalue weighted by Gasteiger charge is 2.33. The topological polar surface area (TPSA) is 32.7 Å². The number of carbonyl (C=O) groups is 1. The zero-order valence-electron chi connectivity index (χ0n) is 15.4. The van der Waals surface area contributed by atoms with Crippen LogP contribution in [0.15, 0.2) is 77.8 Å². The molecule has 30 heavy (non-hydrogen) atoms. The molecule has 0 N–H and O–H groups in total. The van der Waals surface area contributed by atoms with Crippen molar-refractivity contribution in [3.63, 3.8) is 0 Å². The third-order valence-corrected chi connectivity index (χ3v) is 4.88. The monoisotopic (exact) mass is 494 g/mol. The second-order valence-electron chi connectivity index (χ2n) is 6.54. The molecule has 0 unspecified atom stereocenters. The van der Waals surface area contributed by atoms with E-state index < -0.39 is 17.6 Å². The first-order valence-corrected chi connectivity index (χ1v) is 9.12. The van der Waals surface area contributed by atoms with E-state index in [2.05, 4.69) is 4.99 Å². The normalized spacial score (nSPS) is 14.4. The Bertz CT molecular complexity index is 1110. The lowest BCUT2D eigenvalue weighted by Crippen LogP contribution is -2.25. The average molecular weight is 496 g/mol. The fourth-order valence-corrected chi connectivity index (χ4v) is 3.33. The summed E-state index contributed by atoms with van der Waals surface area (Å²) in [4.78, 5) is 18.6. The summed E-state index contributed by atoms with van der Waals surface area (Å²) in [5, 5.41) is 0.492. The number of halogens is 5. The van der Waals surface area contributed by atoms with Gasteiger partial charge in [-0.15, -0.1) is 17.0 Å². The van der Waals surface area contributed by atoms with E-state index in [0.29, 0.717) is 34.2 Å². The van der Waals surface area contributed by atoms with Gasteiger partial charge in [0, 0.05) is 21.8 Å². The maximum Gasteiger partial charge on any atom is 0.416 e. The second-order valence-corrected chi connectivity index (χ2v) is 6.98. The van der Waals surface area contributed by atoms with Gasteiger partial charge >= 0.3 is 6.18 Å². The van der Waals surface area contributed by atoms with Crippen LogP contribution in [0.25, 0.3) is 0 Å². The van der Waals surface area contributed by atoms with E-state index in [-0.39, 0.29) is 17.0 Å². The molecular weight excluding hydrogens is 481 g/mol. The molecular formula is C22H15BrClF3N2O. The molecule has 8 heteroatoms. The largest absolute Gasteiger partial charge is 0.416 e. The molecule has 0 bridgehead atoms. The highest BCUT2D eigenvalue weighted by molar-refractivity contribution is 8.93. The molecule has 1 heterocycles. The molecule has 0 fully saturated rings. The highest BCUT2D eigenvalue weighted by atomic mass is 79.9. The fraction of sp³-hybridized carbons (Fsp3) is 0.0909. The lowest BCUT2D eigenvalue weighted by molar-refractivity contribution is -0.137. The van der Waals surface area contributed by atoms with Gasteiger partial charge in [0.05, 0.1) is 12.1 Å². The molecule has 1 aliphatic rings. The van der Waals surface area contributed by atoms with Gasteiger partial charge in [0.1, 0.15) is 5.84 Å². The van der Waals surface area contributed by atoms with Crippen molar-refractivity contribution in [2.24, 2.45) is 4.99 Å². The number of carbonyl (C=O) groups excluding carboxylic acids is 1. The van der Waals surface area contributed by atoms with E-state index in [1.54, 1.807) is 47.4 Å². The predicted molar refractivity (Wildman–Crippen MR) is 117 cm³/mol. The molecule has 3 aromatic rings. The number of aliphatic imine (C=N–C) groups is 1. The van der Waals surface area contributed by atoms with E-state index in [1.807, 2.05) is 12.1 Å². The van der Waals surface area contributed by atoms with E-state index in [9.17, 15) is 18.0 Å². The fourth-order valence-electron chi connectivity index (χ4n) is 3.20. The summed E-state index contributed by atoms with van der Waals surface area (Å²) in [5.74, 6) is -0.176. The number of fused-ring (bicyclic) bond motifs is 1. The number of hydrogen-bond acceptors (Lipinski definition) is 1. The lowest BCUT2D eigenvalue weighted by atomic mass is 10.1. The number of nitrogens with zero attached hydrogens (tertiary/aromatic N) is 2. The molecule has 1 amide bonds. The predicted octanol–water partition coefficient (Wildman–Crippen LogP) is 6.54. The van der Waals surface area contributed by atoms with Gasteiger partial charge in [0.15, 0.2) is 0 Å². The summed E-state index contributed by atoms with van der Waals surface area (Å²) in [7, 11) is 0. The molecule has 4 rings (SSSR count). The van der Waals surface area contributed by atoms with Crippen LogP contribution in [0.4, 0.5) is 18.9 Å². The first kappa shape index (κ1) is 22.1. The van der Waals surface area contributed by atoms with Crippen LogP contribution in [0.3, 0.4) is 0 Å². The minimum Gasteiger partial charge on any atom is -0.321 e. The van der Waals surface area contributed by atoms with Crippen molar-refractivity contribution in [2.75, 3.05) is 4.90 Å². The smallest absolute Gasteiger partial charge is 0.321 e. The van der Waals surface area contributed by atoms with Crippen LogP contribution in [0.5, 0.6) is 0 Å². The Morgan fingerprint density at radius 3 is 2.37 bits per heavy atom. The Kier molecular flexibility index (Phi) is 6.33. The molecule has 0 aliphatic carbocycles. The summed E-state index contributed by atoms with van der Waals surface area (Å²) < 4.78 is 39.5. The quantitative estimate of drug-likeness (QED) is 0.404. The second kappa shape index (κ2) is 8.62. The molecule has 0 radical (unpaired) electrons. The summed E-state index contributed by atoms with van der Waals surface area (Å²) in [5.41, 5.74) is 1.50. The Labute approximate surface area is 186 Å². The molecule has 1 aliphatic heterocycles. The highest BCUT2D eigenvalue weighted by Crippen LogP contribution is 2.34. The molecule has 0 aromatic heterocycles. The van der Waals surface area contributed by atoms with Crippen molar-refractivity contribution < 1.29 is 18.0 Å². The number of anilines is 1. The van der Waals surface area contributed by atoms with Crippen molar-refractivity contribution in [3.8, 4) is 0 Å². The number of amidine groups is 1. The van der Waals surface area contributed by atoms with Crippen LogP contribution >= 0.6 is 28.6 Å². The Morgan fingerprint density at radius 2 is 1.67 bits per heavy atom. The van der Waals surface area contributed by atoms with Gasteiger partial charge in [-0.2, -0.15) is 18.2 Å². The van der Waals surface area contributed by atoms with Crippen molar-refractivity contribution >= 4 is 46.0 Å². The van der Waals surface area contributed by atoms with Crippen LogP contribution in [-0.2, 0) is 12.7 Å². The van der Waals surface area contributed by atoms with Gasteiger partial charge in [0.2, 0.25) is 0 Å². The maximum absolute atomic E-state index is 13.2. The first-order chi connectivity index (χ1) is 13.8. The van der Waals surface area contributed by atoms with Gasteiger partial charge in [-0.25, -0.2) is 0 Å². The van der Waals surface area contributed by atoms with Crippen molar-refractivity contribution in [3.05, 3.63) is 100 Å². The number of amides is 1. The first-order valence-electron chi connectivity index (χ1n) is 8.74. The van der Waals surface area contributed by atoms with Crippen molar-refractivity contribution in [1.82, 2.24) is 0 Å². The third kappa shape index (κ3) is 4.42. The van der Waals surface area contributed by atoms with Crippen LogP contribution in [-0.4, -0.2) is 11.7 Å². The zero-order valence-corrected chi connectivity index (χ0v) is 17.8. The Morgan fingerprint density at radius 1 is 0.967 bits per heavy atom. The standard InChI is InChI=1S/C22H14ClF3N2O.BrH/c23-17-10-8-14(9-11-17)21(29)27-20-19-7-2-1-4-15(19)13-28(20)18-6-3-5-16(12-18)22(24,25)26;/h1-12H,13H2;1H. The number of hydrogen-bond donors (Lipinski definition) is 0. The summed E-state index contributed by atoms with van der Waals surface area (Å²) in [6, 6.07) is 18.6. The van der Waals surface area contributed by atoms with Gasteiger partial charge < -0.3 is 4.90 Å². The molecule has 0 saturated carbocycles. The molecule has 0 spiro atoms. The van der Waals surface area contributed by atoms with Crippen molar-refractivity contribution in [2.45, 2.75) is 12.7 Å². The van der Waals surface area contributed by atoms with Gasteiger partial charge in [-0.1, -0.05) is 41.9 Å². The zero-order chi connectivity index (χ0) is 20.6. The molecule has 0 atom stereocenters. The minimum atomic E-state index is -4.46. The SMILES string of the molecule is Br.O=C(N=C1c2ccccc2CN1c1cccc(C(F)(F)F)c1)c1ccc(Cl)cc1. The molecule has 3 aromatic carbocycles. The van der Waals surface area contributed by atoms with Gasteiger partial charge in [0.25, 0.3) is 5.91 Å². The lowest BCUT2D eigenvalue weighted by Gasteiger charge is -2.20.